The van der Waals surface area contributed by atoms with Crippen LogP contribution < -0.4 is 5.73 Å². The first kappa shape index (κ1) is 27.0. The van der Waals surface area contributed by atoms with Crippen LogP contribution in [0.25, 0.3) is 11.2 Å². The van der Waals surface area contributed by atoms with Crippen LogP contribution >= 0.6 is 42.7 Å². The van der Waals surface area contributed by atoms with Gasteiger partial charge < -0.3 is 0 Å². The maximum absolute atomic E-state index is 10.6. The number of aliphatic hydroxyl groups excluding tert-OH is 2. The number of halogens is 1. The van der Waals surface area contributed by atoms with Crippen LogP contribution in [0.15, 0.2) is 31.4 Å². The van der Waals surface area contributed by atoms with Gasteiger partial charge in [0.15, 0.2) is 0 Å². The van der Waals surface area contributed by atoms with Gasteiger partial charge in [-0.25, -0.2) is 0 Å². The molecule has 6 atom stereocenters. The second-order valence-electron chi connectivity index (χ2n) is 7.36. The van der Waals surface area contributed by atoms with Gasteiger partial charge in [-0.3, -0.25) is 0 Å². The normalized spacial score (nSPS) is 27.0. The number of aliphatic hydroxyl groups is 2. The summed E-state index contributed by atoms with van der Waals surface area (Å²) in [6.45, 7) is -0.435. The van der Waals surface area contributed by atoms with Crippen LogP contribution in [0, 0.1) is 0 Å². The number of imidazole rings is 2. The maximum atomic E-state index is 10.6. The van der Waals surface area contributed by atoms with Crippen molar-refractivity contribution in [3.05, 3.63) is 31.4 Å². The van der Waals surface area contributed by atoms with Gasteiger partial charge in [0, 0.05) is 0 Å². The van der Waals surface area contributed by atoms with E-state index in [0.29, 0.717) is 5.52 Å². The van der Waals surface area contributed by atoms with Crippen molar-refractivity contribution >= 4 is 72.3 Å². The Kier molecular flexibility index (Phi) is 7.73. The summed E-state index contributed by atoms with van der Waals surface area (Å²) in [5.41, 5.74) is 2.18. The summed E-state index contributed by atoms with van der Waals surface area (Å²) in [6.07, 6.45) is 8.42. The van der Waals surface area contributed by atoms with Gasteiger partial charge in [-0.2, -0.15) is 0 Å². The molecule has 1 saturated heterocycles. The first-order valence-electron chi connectivity index (χ1n) is 9.63. The van der Waals surface area contributed by atoms with E-state index in [4.69, 9.17) is 23.6 Å². The van der Waals surface area contributed by atoms with Gasteiger partial charge in [0.25, 0.3) is 0 Å². The van der Waals surface area contributed by atoms with Crippen LogP contribution in [-0.2, 0) is 17.9 Å². The van der Waals surface area contributed by atoms with Gasteiger partial charge in [-0.05, 0) is 0 Å². The second kappa shape index (κ2) is 10.0. The van der Waals surface area contributed by atoms with Gasteiger partial charge in [-0.1, -0.05) is 0 Å². The summed E-state index contributed by atoms with van der Waals surface area (Å²) in [5, 5.41) is 21.0. The van der Waals surface area contributed by atoms with Crippen molar-refractivity contribution in [2.24, 2.45) is 0 Å². The van der Waals surface area contributed by atoms with Crippen molar-refractivity contribution in [2.75, 3.05) is 12.3 Å². The quantitative estimate of drug-likeness (QED) is 0.131. The molecule has 194 valence electrons. The number of nitrogens with zero attached hydrogens (tertiary/aromatic N) is 6. The Morgan fingerprint density at radius 1 is 1.20 bits per heavy atom. The number of hydrogen-bond acceptors (Lipinski definition) is 14. The molecule has 7 N–H and O–H groups in total. The summed E-state index contributed by atoms with van der Waals surface area (Å²) in [4.78, 5) is 47.2. The van der Waals surface area contributed by atoms with Crippen molar-refractivity contribution in [3.8, 4) is 0 Å². The Morgan fingerprint density at radius 3 is 2.63 bits per heavy atom. The molecule has 0 bridgehead atoms. The number of aromatic nitrogens is 6. The number of anilines is 1. The third-order valence-electron chi connectivity index (χ3n) is 4.79. The van der Waals surface area contributed by atoms with E-state index in [2.05, 4.69) is 32.5 Å². The zero-order valence-electron chi connectivity index (χ0n) is 17.7. The van der Waals surface area contributed by atoms with Crippen LogP contribution in [-0.4, -0.2) is 91.3 Å². The molecule has 35 heavy (non-hydrogen) atoms. The molecule has 1 aliphatic rings. The number of nitrogen functional groups attached to an aromatic ring is 1. The molecule has 3 aromatic heterocycles. The molecule has 0 radical (unpaired) electrons. The molecule has 0 saturated carbocycles. The SMILES string of the molecule is C=P(O)(OP(=C)(O)n1ccnc1)O[PH](O)(I)OC[C@H]1O[C@@H](n2cnc3c(N)ncnc32)[C@H](O)[C@@H]1O. The third-order valence-corrected chi connectivity index (χ3v) is 13.1. The fourth-order valence-corrected chi connectivity index (χ4v) is 11.4. The van der Waals surface area contributed by atoms with E-state index in [9.17, 15) is 24.9 Å². The Morgan fingerprint density at radius 2 is 1.94 bits per heavy atom. The first-order chi connectivity index (χ1) is 16.3. The predicted molar refractivity (Wildman–Crippen MR) is 138 cm³/mol. The van der Waals surface area contributed by atoms with Crippen molar-refractivity contribution in [1.82, 2.24) is 28.8 Å². The molecule has 0 aliphatic carbocycles. The number of fused-ring (bicyclic) bond motifs is 1. The van der Waals surface area contributed by atoms with Crippen LogP contribution in [0.5, 0.6) is 0 Å². The van der Waals surface area contributed by atoms with Crippen LogP contribution in [0.3, 0.4) is 0 Å². The zero-order chi connectivity index (χ0) is 25.6. The van der Waals surface area contributed by atoms with Gasteiger partial charge in [-0.15, -0.1) is 0 Å². The summed E-state index contributed by atoms with van der Waals surface area (Å²) >= 11 is 1.44. The fraction of sp³-hybridized carbons (Fsp3) is 0.333. The average molecular weight is 665 g/mol. The molecule has 0 aromatic carbocycles. The molecule has 16 nitrogen and oxygen atoms in total. The van der Waals surface area contributed by atoms with E-state index in [1.807, 2.05) is 0 Å². The molecular formula is C15H23IN7O9P3. The topological polar surface area (TPSA) is 226 Å². The molecule has 2 unspecified atom stereocenters. The molecule has 4 heterocycles. The minimum atomic E-state index is -4.18. The molecule has 4 rings (SSSR count). The summed E-state index contributed by atoms with van der Waals surface area (Å²) in [7, 11) is -7.70. The molecular weight excluding hydrogens is 642 g/mol. The number of hydrogen-bond donors (Lipinski definition) is 6. The number of nitrogens with two attached hydrogens (primary N) is 1. The third kappa shape index (κ3) is 5.93. The van der Waals surface area contributed by atoms with Crippen molar-refractivity contribution in [3.63, 3.8) is 0 Å². The Hall–Kier alpha value is -1.04. The van der Waals surface area contributed by atoms with E-state index in [-0.39, 0.29) is 11.5 Å². The molecule has 0 spiro atoms. The van der Waals surface area contributed by atoms with Crippen molar-refractivity contribution < 1.29 is 42.8 Å². The molecule has 0 amide bonds. The van der Waals surface area contributed by atoms with Crippen LogP contribution in [0.1, 0.15) is 6.23 Å². The van der Waals surface area contributed by atoms with Gasteiger partial charge in [0.2, 0.25) is 0 Å². The average Bonchev–Trinajstić information content (AvgIpc) is 3.47. The Labute approximate surface area is 211 Å². The first-order valence-corrected chi connectivity index (χ1v) is 18.1. The zero-order valence-corrected chi connectivity index (χ0v) is 22.7. The monoisotopic (exact) mass is 665 g/mol. The van der Waals surface area contributed by atoms with Crippen molar-refractivity contribution in [2.45, 2.75) is 24.5 Å². The van der Waals surface area contributed by atoms with Crippen LogP contribution in [0.2, 0.25) is 0 Å². The Bertz CT molecular complexity index is 1290. The standard InChI is InChI=1S/C15H23IN7O9P3/c1-33(26,22-4-3-18-7-22)31-34(2,27)32-35(16,28)29-5-9-11(24)12(25)15(30-9)23-8-21-10-13(17)19-6-20-14(10)23/h3-4,6-9,11-12,15,24-28,35H,1-2,5H2,(H2,17,19,20)/t9-,11-,12-,15-,33?,34?/m1/s1. The van der Waals surface area contributed by atoms with E-state index >= 15 is 0 Å². The molecule has 1 fully saturated rings. The Balaban J connectivity index is 1.40. The van der Waals surface area contributed by atoms with Gasteiger partial charge in [0.05, 0.1) is 0 Å². The van der Waals surface area contributed by atoms with E-state index < -0.39 is 51.8 Å². The number of ether oxygens (including phenoxy) is 1. The molecule has 20 heteroatoms. The second-order valence-corrected chi connectivity index (χ2v) is 17.2. The van der Waals surface area contributed by atoms with E-state index in [1.54, 1.807) is 0 Å². The fourth-order valence-electron chi connectivity index (χ4n) is 3.24. The van der Waals surface area contributed by atoms with Crippen LogP contribution in [0.4, 0.5) is 5.82 Å². The summed E-state index contributed by atoms with van der Waals surface area (Å²) in [6, 6.07) is 0. The number of rotatable bonds is 9. The van der Waals surface area contributed by atoms with Crippen molar-refractivity contribution in [1.29, 1.82) is 0 Å². The molecule has 1 aliphatic heterocycles. The predicted octanol–water partition coefficient (Wildman–Crippen LogP) is 0.0333. The van der Waals surface area contributed by atoms with Gasteiger partial charge >= 0.3 is 212 Å². The summed E-state index contributed by atoms with van der Waals surface area (Å²) < 4.78 is 24.0. The summed E-state index contributed by atoms with van der Waals surface area (Å²) in [5.74, 6) is 0.135. The van der Waals surface area contributed by atoms with E-state index in [1.165, 1.54) is 58.0 Å². The molecule has 3 aromatic rings. The van der Waals surface area contributed by atoms with E-state index in [0.717, 1.165) is 4.34 Å². The van der Waals surface area contributed by atoms with Gasteiger partial charge in [0.1, 0.15) is 0 Å². The minimum absolute atomic E-state index is 0.135.